The number of hydrogen-bond donors (Lipinski definition) is 3. The van der Waals surface area contributed by atoms with E-state index in [9.17, 15) is 22.4 Å². The zero-order chi connectivity index (χ0) is 15.5. The van der Waals surface area contributed by atoms with Crippen molar-refractivity contribution >= 4 is 39.7 Å². The highest BCUT2D eigenvalue weighted by molar-refractivity contribution is 7.99. The van der Waals surface area contributed by atoms with Gasteiger partial charge in [-0.1, -0.05) is 0 Å². The van der Waals surface area contributed by atoms with Crippen molar-refractivity contribution in [3.05, 3.63) is 4.88 Å². The first-order valence-corrected chi connectivity index (χ1v) is 7.36. The van der Waals surface area contributed by atoms with Crippen LogP contribution in [0.2, 0.25) is 0 Å². The summed E-state index contributed by atoms with van der Waals surface area (Å²) in [4.78, 5) is 12.1. The number of nitrogens with one attached hydrogen (secondary N) is 2. The minimum absolute atomic E-state index is 0.143. The molecule has 0 spiro atoms. The third kappa shape index (κ3) is 3.48. The fourth-order valence-corrected chi connectivity index (χ4v) is 3.28. The number of alkyl halides is 4. The summed E-state index contributed by atoms with van der Waals surface area (Å²) < 4.78 is 49.9. The fraction of sp³-hybridized carbons (Fsp3) is 0.500. The van der Waals surface area contributed by atoms with Crippen molar-refractivity contribution in [3.8, 4) is 0 Å². The highest BCUT2D eigenvalue weighted by Gasteiger charge is 2.40. The molecule has 0 saturated carbocycles. The average Bonchev–Trinajstić information content (AvgIpc) is 2.71. The molecular weight excluding hydrogens is 318 g/mol. The van der Waals surface area contributed by atoms with E-state index in [1.165, 1.54) is 7.05 Å². The molecule has 0 saturated heterocycles. The smallest absolute Gasteiger partial charge is 0.324 e. The highest BCUT2D eigenvalue weighted by atomic mass is 32.2. The minimum atomic E-state index is -4.15. The lowest BCUT2D eigenvalue weighted by Gasteiger charge is -2.16. The molecule has 0 fully saturated rings. The summed E-state index contributed by atoms with van der Waals surface area (Å²) in [6.07, 6.45) is -2.12. The van der Waals surface area contributed by atoms with Crippen LogP contribution < -0.4 is 16.4 Å². The van der Waals surface area contributed by atoms with Gasteiger partial charge in [0.2, 0.25) is 0 Å². The van der Waals surface area contributed by atoms with Crippen molar-refractivity contribution in [2.24, 2.45) is 0 Å². The molecule has 4 nitrogen and oxygen atoms in total. The first kappa shape index (κ1) is 16.9. The van der Waals surface area contributed by atoms with E-state index in [0.717, 1.165) is 23.1 Å². The molecule has 0 unspecified atom stereocenters. The highest BCUT2D eigenvalue weighted by Crippen LogP contribution is 2.42. The summed E-state index contributed by atoms with van der Waals surface area (Å²) in [5.41, 5.74) is 5.89. The summed E-state index contributed by atoms with van der Waals surface area (Å²) in [7, 11) is 1.40. The number of amides is 1. The molecule has 0 radical (unpaired) electrons. The number of halogens is 4. The Morgan fingerprint density at radius 1 is 1.50 bits per heavy atom. The molecule has 0 bridgehead atoms. The molecule has 1 heterocycles. The number of nitrogen functional groups attached to an aromatic ring is 1. The topological polar surface area (TPSA) is 67.2 Å². The summed E-state index contributed by atoms with van der Waals surface area (Å²) in [6.45, 7) is -1.23. The number of thioether (sulfide) groups is 1. The first-order chi connectivity index (χ1) is 9.24. The van der Waals surface area contributed by atoms with Gasteiger partial charge in [-0.15, -0.1) is 23.1 Å². The lowest BCUT2D eigenvalue weighted by Crippen LogP contribution is -2.34. The number of anilines is 2. The molecule has 0 aliphatic carbocycles. The molecule has 1 aromatic rings. The number of thiophene rings is 1. The third-order valence-electron chi connectivity index (χ3n) is 2.34. The molecule has 114 valence electrons. The Hall–Kier alpha value is -1.16. The maximum absolute atomic E-state index is 12.9. The maximum Gasteiger partial charge on any atom is 0.324 e. The minimum Gasteiger partial charge on any atom is -0.396 e. The average molecular weight is 331 g/mol. The van der Waals surface area contributed by atoms with Gasteiger partial charge in [-0.25, -0.2) is 8.78 Å². The van der Waals surface area contributed by atoms with Crippen LogP contribution in [-0.4, -0.2) is 38.1 Å². The maximum atomic E-state index is 12.9. The molecule has 20 heavy (non-hydrogen) atoms. The molecule has 0 aliphatic heterocycles. The number of rotatable bonds is 6. The zero-order valence-corrected chi connectivity index (χ0v) is 12.2. The van der Waals surface area contributed by atoms with Crippen LogP contribution in [0.3, 0.4) is 0 Å². The molecule has 1 aromatic heterocycles. The summed E-state index contributed by atoms with van der Waals surface area (Å²) >= 11 is 1.99. The van der Waals surface area contributed by atoms with Gasteiger partial charge >= 0.3 is 12.3 Å². The Balaban J connectivity index is 2.98. The van der Waals surface area contributed by atoms with E-state index in [-0.39, 0.29) is 15.6 Å². The van der Waals surface area contributed by atoms with Gasteiger partial charge in [0.15, 0.2) is 0 Å². The van der Waals surface area contributed by atoms with Crippen LogP contribution in [0.15, 0.2) is 4.90 Å². The quantitative estimate of drug-likeness (QED) is 0.554. The fourth-order valence-electron chi connectivity index (χ4n) is 1.31. The van der Waals surface area contributed by atoms with Crippen molar-refractivity contribution in [2.45, 2.75) is 17.2 Å². The number of hydrogen-bond acceptors (Lipinski definition) is 5. The largest absolute Gasteiger partial charge is 0.396 e. The van der Waals surface area contributed by atoms with Gasteiger partial charge in [0, 0.05) is 7.05 Å². The Labute approximate surface area is 121 Å². The zero-order valence-electron chi connectivity index (χ0n) is 10.6. The molecule has 1 rings (SSSR count). The van der Waals surface area contributed by atoms with Gasteiger partial charge in [0.1, 0.15) is 9.88 Å². The number of carbonyl (C=O) groups excluding carboxylic acids is 1. The molecule has 10 heteroatoms. The Morgan fingerprint density at radius 2 is 2.10 bits per heavy atom. The molecule has 1 amide bonds. The third-order valence-corrected chi connectivity index (χ3v) is 4.46. The van der Waals surface area contributed by atoms with Crippen molar-refractivity contribution < 1.29 is 22.4 Å². The second-order valence-electron chi connectivity index (χ2n) is 3.70. The van der Waals surface area contributed by atoms with Gasteiger partial charge in [0.05, 0.1) is 17.1 Å². The number of carbonyl (C=O) groups is 1. The van der Waals surface area contributed by atoms with Crippen LogP contribution in [0, 0.1) is 0 Å². The summed E-state index contributed by atoms with van der Waals surface area (Å²) in [5.74, 6) is -4.61. The van der Waals surface area contributed by atoms with Gasteiger partial charge < -0.3 is 16.4 Å². The second kappa shape index (κ2) is 6.53. The van der Waals surface area contributed by atoms with Crippen molar-refractivity contribution in [3.63, 3.8) is 0 Å². The Bertz CT molecular complexity index is 493. The van der Waals surface area contributed by atoms with E-state index in [2.05, 4.69) is 10.6 Å². The van der Waals surface area contributed by atoms with Crippen LogP contribution in [-0.2, 0) is 0 Å². The lowest BCUT2D eigenvalue weighted by molar-refractivity contribution is -0.117. The van der Waals surface area contributed by atoms with E-state index in [4.69, 9.17) is 5.73 Å². The molecule has 0 aromatic carbocycles. The normalized spacial score (nSPS) is 11.8. The van der Waals surface area contributed by atoms with Gasteiger partial charge in [-0.3, -0.25) is 4.79 Å². The molecular formula is C10H13F4N3OS2. The van der Waals surface area contributed by atoms with Crippen molar-refractivity contribution in [1.82, 2.24) is 5.32 Å². The van der Waals surface area contributed by atoms with Gasteiger partial charge in [-0.05, 0) is 6.26 Å². The van der Waals surface area contributed by atoms with Crippen molar-refractivity contribution in [2.75, 3.05) is 30.9 Å². The Morgan fingerprint density at radius 3 is 2.55 bits per heavy atom. The number of nitrogens with two attached hydrogens (primary N) is 1. The van der Waals surface area contributed by atoms with E-state index in [1.54, 1.807) is 6.26 Å². The molecule has 4 N–H and O–H groups in total. The van der Waals surface area contributed by atoms with E-state index in [0.29, 0.717) is 4.90 Å². The SMILES string of the molecule is CNC(=O)c1sc(NCC(F)(F)C(F)F)c(SC)c1N. The van der Waals surface area contributed by atoms with Crippen LogP contribution >= 0.6 is 23.1 Å². The Kier molecular flexibility index (Phi) is 5.51. The summed E-state index contributed by atoms with van der Waals surface area (Å²) in [5, 5.41) is 4.77. The van der Waals surface area contributed by atoms with Crippen molar-refractivity contribution in [1.29, 1.82) is 0 Å². The summed E-state index contributed by atoms with van der Waals surface area (Å²) in [6, 6.07) is 0. The van der Waals surface area contributed by atoms with Crippen LogP contribution in [0.4, 0.5) is 28.3 Å². The molecule has 0 aliphatic rings. The predicted molar refractivity (Wildman–Crippen MR) is 73.3 cm³/mol. The van der Waals surface area contributed by atoms with Gasteiger partial charge in [-0.2, -0.15) is 8.78 Å². The van der Waals surface area contributed by atoms with E-state index in [1.807, 2.05) is 0 Å². The lowest BCUT2D eigenvalue weighted by atomic mass is 10.3. The predicted octanol–water partition coefficient (Wildman–Crippen LogP) is 2.72. The first-order valence-electron chi connectivity index (χ1n) is 5.32. The van der Waals surface area contributed by atoms with Crippen LogP contribution in [0.5, 0.6) is 0 Å². The monoisotopic (exact) mass is 331 g/mol. The standard InChI is InChI=1S/C10H13F4N3OS2/c1-16-7(18)5-4(15)6(19-2)8(20-5)17-3-10(13,14)9(11)12/h9,17H,3,15H2,1-2H3,(H,16,18). The molecule has 0 atom stereocenters. The van der Waals surface area contributed by atoms with E-state index < -0.39 is 24.8 Å². The van der Waals surface area contributed by atoms with Gasteiger partial charge in [0.25, 0.3) is 5.91 Å². The second-order valence-corrected chi connectivity index (χ2v) is 5.54. The van der Waals surface area contributed by atoms with Crippen LogP contribution in [0.25, 0.3) is 0 Å². The van der Waals surface area contributed by atoms with Crippen LogP contribution in [0.1, 0.15) is 9.67 Å². The van der Waals surface area contributed by atoms with E-state index >= 15 is 0 Å².